The first-order valence-electron chi connectivity index (χ1n) is 7.90. The quantitative estimate of drug-likeness (QED) is 0.793. The van der Waals surface area contributed by atoms with E-state index in [2.05, 4.69) is 14.8 Å². The van der Waals surface area contributed by atoms with Gasteiger partial charge in [-0.25, -0.2) is 9.78 Å². The predicted molar refractivity (Wildman–Crippen MR) is 81.6 cm³/mol. The Morgan fingerprint density at radius 1 is 1.33 bits per heavy atom. The van der Waals surface area contributed by atoms with Gasteiger partial charge in [-0.05, 0) is 51.4 Å². The summed E-state index contributed by atoms with van der Waals surface area (Å²) in [4.78, 5) is 21.0. The number of nitrogens with zero attached hydrogens (tertiary/aromatic N) is 3. The highest BCUT2D eigenvalue weighted by molar-refractivity contribution is 5.89. The second-order valence-corrected chi connectivity index (χ2v) is 5.76. The van der Waals surface area contributed by atoms with E-state index in [-0.39, 0.29) is 5.97 Å². The monoisotopic (exact) mass is 289 g/mol. The average Bonchev–Trinajstić information content (AvgIpc) is 3.19. The number of aromatic nitrogens is 1. The lowest BCUT2D eigenvalue weighted by atomic mass is 10.2. The van der Waals surface area contributed by atoms with E-state index in [1.165, 1.54) is 32.4 Å². The van der Waals surface area contributed by atoms with Gasteiger partial charge in [0.1, 0.15) is 5.82 Å². The van der Waals surface area contributed by atoms with Crippen LogP contribution in [-0.4, -0.2) is 54.7 Å². The first-order valence-corrected chi connectivity index (χ1v) is 7.90. The zero-order valence-electron chi connectivity index (χ0n) is 12.6. The van der Waals surface area contributed by atoms with Gasteiger partial charge in [0.05, 0.1) is 12.2 Å². The minimum Gasteiger partial charge on any atom is -0.462 e. The zero-order valence-corrected chi connectivity index (χ0v) is 12.6. The first kappa shape index (κ1) is 14.3. The molecule has 2 aliphatic rings. The van der Waals surface area contributed by atoms with E-state index >= 15 is 0 Å². The normalized spacial score (nSPS) is 22.7. The summed E-state index contributed by atoms with van der Waals surface area (Å²) in [6.07, 6.45) is 5.50. The maximum atomic E-state index is 11.6. The number of carbonyl (C=O) groups excluding carboxylic acids is 1. The van der Waals surface area contributed by atoms with Crippen molar-refractivity contribution in [2.24, 2.45) is 0 Å². The Labute approximate surface area is 125 Å². The Morgan fingerprint density at radius 2 is 2.14 bits per heavy atom. The molecule has 2 saturated heterocycles. The number of anilines is 1. The molecule has 0 aromatic carbocycles. The van der Waals surface area contributed by atoms with E-state index in [4.69, 9.17) is 4.74 Å². The third-order valence-electron chi connectivity index (χ3n) is 4.40. The molecule has 1 atom stereocenters. The zero-order chi connectivity index (χ0) is 14.7. The number of rotatable bonds is 4. The molecular formula is C16H23N3O2. The standard InChI is InChI=1S/C16H23N3O2/c1-2-21-16(20)13-5-6-15(17-11-13)19-10-7-14(12-19)18-8-3-4-9-18/h5-6,11,14H,2-4,7-10,12H2,1H3. The van der Waals surface area contributed by atoms with Crippen molar-refractivity contribution < 1.29 is 9.53 Å². The molecule has 5 heteroatoms. The molecule has 114 valence electrons. The minimum atomic E-state index is -0.298. The molecule has 1 aromatic heterocycles. The van der Waals surface area contributed by atoms with E-state index in [0.717, 1.165) is 18.9 Å². The van der Waals surface area contributed by atoms with Gasteiger partial charge in [-0.15, -0.1) is 0 Å². The lowest BCUT2D eigenvalue weighted by molar-refractivity contribution is 0.0526. The van der Waals surface area contributed by atoms with Crippen molar-refractivity contribution in [1.82, 2.24) is 9.88 Å². The van der Waals surface area contributed by atoms with Gasteiger partial charge >= 0.3 is 5.97 Å². The predicted octanol–water partition coefficient (Wildman–Crippen LogP) is 1.93. The number of likely N-dealkylation sites (tertiary alicyclic amines) is 1. The molecule has 2 aliphatic heterocycles. The Morgan fingerprint density at radius 3 is 2.81 bits per heavy atom. The van der Waals surface area contributed by atoms with Crippen LogP contribution in [0.3, 0.4) is 0 Å². The molecule has 3 rings (SSSR count). The van der Waals surface area contributed by atoms with Gasteiger partial charge in [-0.1, -0.05) is 0 Å². The van der Waals surface area contributed by atoms with Crippen LogP contribution in [0.25, 0.3) is 0 Å². The lowest BCUT2D eigenvalue weighted by Crippen LogP contribution is -2.35. The van der Waals surface area contributed by atoms with E-state index in [0.29, 0.717) is 18.2 Å². The van der Waals surface area contributed by atoms with Crippen molar-refractivity contribution >= 4 is 11.8 Å². The summed E-state index contributed by atoms with van der Waals surface area (Å²) in [5.41, 5.74) is 0.524. The van der Waals surface area contributed by atoms with E-state index in [9.17, 15) is 4.79 Å². The molecule has 0 aliphatic carbocycles. The fraction of sp³-hybridized carbons (Fsp3) is 0.625. The first-order chi connectivity index (χ1) is 10.3. The molecule has 5 nitrogen and oxygen atoms in total. The van der Waals surface area contributed by atoms with Crippen molar-refractivity contribution in [3.05, 3.63) is 23.9 Å². The molecule has 0 spiro atoms. The number of pyridine rings is 1. The van der Waals surface area contributed by atoms with Crippen molar-refractivity contribution in [3.63, 3.8) is 0 Å². The fourth-order valence-electron chi connectivity index (χ4n) is 3.26. The third kappa shape index (κ3) is 3.18. The third-order valence-corrected chi connectivity index (χ3v) is 4.40. The fourth-order valence-corrected chi connectivity index (χ4v) is 3.26. The number of esters is 1. The molecular weight excluding hydrogens is 266 g/mol. The van der Waals surface area contributed by atoms with Crippen LogP contribution in [0.1, 0.15) is 36.5 Å². The largest absolute Gasteiger partial charge is 0.462 e. The Bertz CT molecular complexity index is 483. The van der Waals surface area contributed by atoms with Crippen molar-refractivity contribution in [2.45, 2.75) is 32.2 Å². The van der Waals surface area contributed by atoms with Crippen LogP contribution in [-0.2, 0) is 4.74 Å². The highest BCUT2D eigenvalue weighted by Gasteiger charge is 2.29. The molecule has 0 bridgehead atoms. The topological polar surface area (TPSA) is 45.7 Å². The van der Waals surface area contributed by atoms with Gasteiger partial charge < -0.3 is 9.64 Å². The SMILES string of the molecule is CCOC(=O)c1ccc(N2CCC(N3CCCC3)C2)nc1. The molecule has 21 heavy (non-hydrogen) atoms. The molecule has 1 aromatic rings. The van der Waals surface area contributed by atoms with Gasteiger partial charge in [-0.2, -0.15) is 0 Å². The Kier molecular flexibility index (Phi) is 4.39. The van der Waals surface area contributed by atoms with Crippen molar-refractivity contribution in [3.8, 4) is 0 Å². The summed E-state index contributed by atoms with van der Waals surface area (Å²) in [5, 5.41) is 0. The lowest BCUT2D eigenvalue weighted by Gasteiger charge is -2.24. The number of hydrogen-bond acceptors (Lipinski definition) is 5. The number of carbonyl (C=O) groups is 1. The van der Waals surface area contributed by atoms with Gasteiger partial charge in [0.25, 0.3) is 0 Å². The summed E-state index contributed by atoms with van der Waals surface area (Å²) < 4.78 is 4.98. The second kappa shape index (κ2) is 6.43. The molecule has 2 fully saturated rings. The van der Waals surface area contributed by atoms with E-state index < -0.39 is 0 Å². The highest BCUT2D eigenvalue weighted by Crippen LogP contribution is 2.24. The number of ether oxygens (including phenoxy) is 1. The van der Waals surface area contributed by atoms with Crippen LogP contribution in [0.2, 0.25) is 0 Å². The van der Waals surface area contributed by atoms with Gasteiger partial charge in [0.2, 0.25) is 0 Å². The van der Waals surface area contributed by atoms with Crippen molar-refractivity contribution in [2.75, 3.05) is 37.7 Å². The maximum absolute atomic E-state index is 11.6. The summed E-state index contributed by atoms with van der Waals surface area (Å²) in [5.74, 6) is 0.665. The van der Waals surface area contributed by atoms with Crippen LogP contribution in [0.15, 0.2) is 18.3 Å². The summed E-state index contributed by atoms with van der Waals surface area (Å²) in [7, 11) is 0. The second-order valence-electron chi connectivity index (χ2n) is 5.76. The molecule has 0 saturated carbocycles. The molecule has 3 heterocycles. The Hall–Kier alpha value is -1.62. The van der Waals surface area contributed by atoms with Crippen molar-refractivity contribution in [1.29, 1.82) is 0 Å². The van der Waals surface area contributed by atoms with Gasteiger partial charge in [-0.3, -0.25) is 4.90 Å². The number of hydrogen-bond donors (Lipinski definition) is 0. The van der Waals surface area contributed by atoms with E-state index in [1.54, 1.807) is 6.20 Å². The van der Waals surface area contributed by atoms with Crippen LogP contribution in [0.4, 0.5) is 5.82 Å². The maximum Gasteiger partial charge on any atom is 0.339 e. The van der Waals surface area contributed by atoms with Gasteiger partial charge in [0.15, 0.2) is 0 Å². The van der Waals surface area contributed by atoms with Crippen LogP contribution >= 0.6 is 0 Å². The molecule has 0 amide bonds. The summed E-state index contributed by atoms with van der Waals surface area (Å²) >= 11 is 0. The van der Waals surface area contributed by atoms with Crippen LogP contribution < -0.4 is 4.90 Å². The molecule has 1 unspecified atom stereocenters. The van der Waals surface area contributed by atoms with Gasteiger partial charge in [0, 0.05) is 25.3 Å². The summed E-state index contributed by atoms with van der Waals surface area (Å²) in [6, 6.07) is 4.40. The smallest absolute Gasteiger partial charge is 0.339 e. The summed E-state index contributed by atoms with van der Waals surface area (Å²) in [6.45, 7) is 6.78. The van der Waals surface area contributed by atoms with Crippen LogP contribution in [0.5, 0.6) is 0 Å². The van der Waals surface area contributed by atoms with E-state index in [1.807, 2.05) is 19.1 Å². The Balaban J connectivity index is 1.61. The highest BCUT2D eigenvalue weighted by atomic mass is 16.5. The molecule has 0 radical (unpaired) electrons. The molecule has 0 N–H and O–H groups in total. The van der Waals surface area contributed by atoms with Crippen LogP contribution in [0, 0.1) is 0 Å². The average molecular weight is 289 g/mol. The minimum absolute atomic E-state index is 0.298.